The number of rotatable bonds is 7. The minimum Gasteiger partial charge on any atom is -0.366 e. The van der Waals surface area contributed by atoms with Gasteiger partial charge < -0.3 is 20.6 Å². The van der Waals surface area contributed by atoms with Gasteiger partial charge >= 0.3 is 0 Å². The molecule has 0 spiro atoms. The van der Waals surface area contributed by atoms with Crippen LogP contribution in [0.4, 0.5) is 11.8 Å². The van der Waals surface area contributed by atoms with Crippen LogP contribution in [-0.4, -0.2) is 26.5 Å². The maximum Gasteiger partial charge on any atom is 0.224 e. The first-order chi connectivity index (χ1) is 14.7. The summed E-state index contributed by atoms with van der Waals surface area (Å²) in [6, 6.07) is 18.9. The van der Waals surface area contributed by atoms with Crippen molar-refractivity contribution in [3.05, 3.63) is 83.8 Å². The van der Waals surface area contributed by atoms with E-state index in [9.17, 15) is 0 Å². The Morgan fingerprint density at radius 3 is 2.87 bits per heavy atom. The number of H-pyrrole nitrogens is 2. The first-order valence-electron chi connectivity index (χ1n) is 10.2. The van der Waals surface area contributed by atoms with E-state index >= 15 is 0 Å². The van der Waals surface area contributed by atoms with Crippen molar-refractivity contribution in [3.63, 3.8) is 0 Å². The van der Waals surface area contributed by atoms with Crippen LogP contribution in [-0.2, 0) is 13.0 Å². The molecule has 0 saturated heterocycles. The molecule has 0 fully saturated rings. The standard InChI is InChI=1S/C24H24N6/c1-16-12-19-13-17(6-7-21(19)29-16)14-28-23-9-11-26-24(30-23)25-10-8-18-15-27-22-5-3-2-4-20(18)22/h2-7,9,11-13,15,27,29H,8,10,14H2,1H3,(H2,25,26,28,30). The van der Waals surface area contributed by atoms with Gasteiger partial charge in [-0.2, -0.15) is 4.98 Å². The average molecular weight is 396 g/mol. The van der Waals surface area contributed by atoms with E-state index in [1.54, 1.807) is 6.20 Å². The van der Waals surface area contributed by atoms with Gasteiger partial charge in [-0.1, -0.05) is 24.3 Å². The number of hydrogen-bond acceptors (Lipinski definition) is 4. The molecule has 2 aromatic carbocycles. The molecule has 4 N–H and O–H groups in total. The van der Waals surface area contributed by atoms with Crippen LogP contribution in [0.2, 0.25) is 0 Å². The number of fused-ring (bicyclic) bond motifs is 2. The highest BCUT2D eigenvalue weighted by atomic mass is 15.1. The molecule has 150 valence electrons. The van der Waals surface area contributed by atoms with Crippen LogP contribution in [0.25, 0.3) is 21.8 Å². The minimum absolute atomic E-state index is 0.636. The van der Waals surface area contributed by atoms with Gasteiger partial charge in [-0.3, -0.25) is 0 Å². The summed E-state index contributed by atoms with van der Waals surface area (Å²) in [4.78, 5) is 15.6. The Balaban J connectivity index is 1.19. The molecule has 0 aliphatic rings. The normalized spacial score (nSPS) is 11.2. The Bertz CT molecular complexity index is 1300. The molecule has 0 saturated carbocycles. The van der Waals surface area contributed by atoms with E-state index in [2.05, 4.69) is 86.2 Å². The van der Waals surface area contributed by atoms with Gasteiger partial charge in [-0.25, -0.2) is 4.98 Å². The summed E-state index contributed by atoms with van der Waals surface area (Å²) in [5.41, 5.74) is 6.02. The number of para-hydroxylation sites is 1. The summed E-state index contributed by atoms with van der Waals surface area (Å²) >= 11 is 0. The lowest BCUT2D eigenvalue weighted by Crippen LogP contribution is -2.09. The minimum atomic E-state index is 0.636. The third-order valence-electron chi connectivity index (χ3n) is 5.30. The first-order valence-corrected chi connectivity index (χ1v) is 10.2. The number of benzene rings is 2. The smallest absolute Gasteiger partial charge is 0.224 e. The van der Waals surface area contributed by atoms with Gasteiger partial charge in [0.15, 0.2) is 0 Å². The van der Waals surface area contributed by atoms with Crippen LogP contribution in [0.3, 0.4) is 0 Å². The Kier molecular flexibility index (Phi) is 4.81. The lowest BCUT2D eigenvalue weighted by Gasteiger charge is -2.09. The molecule has 3 heterocycles. The summed E-state index contributed by atoms with van der Waals surface area (Å²) in [6.07, 6.45) is 4.76. The zero-order chi connectivity index (χ0) is 20.3. The molecule has 0 aliphatic heterocycles. The van der Waals surface area contributed by atoms with Crippen molar-refractivity contribution in [2.45, 2.75) is 19.9 Å². The summed E-state index contributed by atoms with van der Waals surface area (Å²) in [6.45, 7) is 3.56. The molecular formula is C24H24N6. The molecule has 0 bridgehead atoms. The Morgan fingerprint density at radius 1 is 0.967 bits per heavy atom. The summed E-state index contributed by atoms with van der Waals surface area (Å²) in [7, 11) is 0. The zero-order valence-corrected chi connectivity index (χ0v) is 16.9. The number of aromatic nitrogens is 4. The highest BCUT2D eigenvalue weighted by Gasteiger charge is 2.04. The van der Waals surface area contributed by atoms with E-state index in [-0.39, 0.29) is 0 Å². The predicted octanol–water partition coefficient (Wildman–Crippen LogP) is 5.01. The lowest BCUT2D eigenvalue weighted by molar-refractivity contribution is 0.985. The van der Waals surface area contributed by atoms with Crippen molar-refractivity contribution in [2.24, 2.45) is 0 Å². The quantitative estimate of drug-likeness (QED) is 0.312. The number of nitrogens with one attached hydrogen (secondary N) is 4. The first kappa shape index (κ1) is 18.2. The van der Waals surface area contributed by atoms with Crippen LogP contribution in [0.5, 0.6) is 0 Å². The largest absolute Gasteiger partial charge is 0.366 e. The van der Waals surface area contributed by atoms with Crippen LogP contribution >= 0.6 is 0 Å². The molecule has 6 heteroatoms. The fraction of sp³-hybridized carbons (Fsp3) is 0.167. The molecule has 0 unspecified atom stereocenters. The predicted molar refractivity (Wildman–Crippen MR) is 123 cm³/mol. The average Bonchev–Trinajstić information content (AvgIpc) is 3.35. The van der Waals surface area contributed by atoms with Crippen molar-refractivity contribution in [3.8, 4) is 0 Å². The van der Waals surface area contributed by atoms with Crippen LogP contribution in [0.1, 0.15) is 16.8 Å². The van der Waals surface area contributed by atoms with E-state index < -0.39 is 0 Å². The van der Waals surface area contributed by atoms with E-state index in [0.29, 0.717) is 12.5 Å². The number of hydrogen-bond donors (Lipinski definition) is 4. The Morgan fingerprint density at radius 2 is 1.90 bits per heavy atom. The van der Waals surface area contributed by atoms with E-state index in [4.69, 9.17) is 0 Å². The molecular weight excluding hydrogens is 372 g/mol. The fourth-order valence-electron chi connectivity index (χ4n) is 3.82. The van der Waals surface area contributed by atoms with Gasteiger partial charge in [0.05, 0.1) is 0 Å². The second-order valence-corrected chi connectivity index (χ2v) is 7.53. The molecule has 0 aliphatic carbocycles. The molecule has 30 heavy (non-hydrogen) atoms. The molecule has 6 nitrogen and oxygen atoms in total. The van der Waals surface area contributed by atoms with Gasteiger partial charge in [-0.05, 0) is 60.2 Å². The van der Waals surface area contributed by atoms with Gasteiger partial charge in [0.1, 0.15) is 5.82 Å². The molecule has 0 radical (unpaired) electrons. The highest BCUT2D eigenvalue weighted by Crippen LogP contribution is 2.19. The van der Waals surface area contributed by atoms with Gasteiger partial charge in [0, 0.05) is 47.6 Å². The molecule has 0 amide bonds. The van der Waals surface area contributed by atoms with Crippen molar-refractivity contribution >= 4 is 33.6 Å². The van der Waals surface area contributed by atoms with Crippen molar-refractivity contribution in [1.29, 1.82) is 0 Å². The topological polar surface area (TPSA) is 81.4 Å². The number of nitrogens with zero attached hydrogens (tertiary/aromatic N) is 2. The summed E-state index contributed by atoms with van der Waals surface area (Å²) in [5.74, 6) is 1.45. The number of aromatic amines is 2. The Hall–Kier alpha value is -3.80. The second-order valence-electron chi connectivity index (χ2n) is 7.53. The maximum absolute atomic E-state index is 4.59. The molecule has 0 atom stereocenters. The van der Waals surface area contributed by atoms with E-state index in [1.165, 1.54) is 38.6 Å². The van der Waals surface area contributed by atoms with E-state index in [1.807, 2.05) is 12.1 Å². The highest BCUT2D eigenvalue weighted by molar-refractivity contribution is 5.83. The third kappa shape index (κ3) is 3.85. The third-order valence-corrected chi connectivity index (χ3v) is 5.30. The maximum atomic E-state index is 4.59. The van der Waals surface area contributed by atoms with Crippen molar-refractivity contribution in [2.75, 3.05) is 17.2 Å². The monoisotopic (exact) mass is 396 g/mol. The van der Waals surface area contributed by atoms with Crippen molar-refractivity contribution < 1.29 is 0 Å². The van der Waals surface area contributed by atoms with Crippen molar-refractivity contribution in [1.82, 2.24) is 19.9 Å². The second kappa shape index (κ2) is 7.91. The zero-order valence-electron chi connectivity index (χ0n) is 16.9. The summed E-state index contributed by atoms with van der Waals surface area (Å²) in [5, 5.41) is 9.23. The van der Waals surface area contributed by atoms with Crippen LogP contribution < -0.4 is 10.6 Å². The number of anilines is 2. The fourth-order valence-corrected chi connectivity index (χ4v) is 3.82. The molecule has 5 aromatic rings. The lowest BCUT2D eigenvalue weighted by atomic mass is 10.1. The van der Waals surface area contributed by atoms with Crippen LogP contribution in [0, 0.1) is 6.92 Å². The Labute approximate surface area is 174 Å². The summed E-state index contributed by atoms with van der Waals surface area (Å²) < 4.78 is 0. The number of aryl methyl sites for hydroxylation is 1. The molecule has 5 rings (SSSR count). The van der Waals surface area contributed by atoms with E-state index in [0.717, 1.165) is 18.8 Å². The molecule has 3 aromatic heterocycles. The van der Waals surface area contributed by atoms with Gasteiger partial charge in [0.2, 0.25) is 5.95 Å². The van der Waals surface area contributed by atoms with Crippen LogP contribution in [0.15, 0.2) is 67.0 Å². The SMILES string of the molecule is Cc1cc2cc(CNc3ccnc(NCCc4c[nH]c5ccccc45)n3)ccc2[nH]1. The van der Waals surface area contributed by atoms with Gasteiger partial charge in [-0.15, -0.1) is 0 Å². The van der Waals surface area contributed by atoms with Gasteiger partial charge in [0.25, 0.3) is 0 Å².